The second-order valence-electron chi connectivity index (χ2n) is 3.69. The number of amides is 2. The lowest BCUT2D eigenvalue weighted by Gasteiger charge is -2.15. The van der Waals surface area contributed by atoms with Gasteiger partial charge in [0.15, 0.2) is 0 Å². The second-order valence-corrected chi connectivity index (χ2v) is 4.57. The molecule has 1 aliphatic heterocycles. The maximum Gasteiger partial charge on any atom is 0.238 e. The Bertz CT molecular complexity index is 472. The predicted molar refractivity (Wildman–Crippen MR) is 65.8 cm³/mol. The average molecular weight is 351 g/mol. The van der Waals surface area contributed by atoms with E-state index in [4.69, 9.17) is 0 Å². The van der Waals surface area contributed by atoms with Crippen molar-refractivity contribution in [3.05, 3.63) is 29.8 Å². The van der Waals surface area contributed by atoms with Gasteiger partial charge in [-0.25, -0.2) is 13.7 Å². The highest BCUT2D eigenvalue weighted by molar-refractivity contribution is 14.1. The molecule has 2 rings (SSSR count). The summed E-state index contributed by atoms with van der Waals surface area (Å²) < 4.78 is 27.4. The number of anilines is 1. The fraction of sp³-hybridized carbons (Fsp3) is 0.273. The summed E-state index contributed by atoms with van der Waals surface area (Å²) in [7, 11) is 0. The van der Waals surface area contributed by atoms with E-state index in [-0.39, 0.29) is 6.42 Å². The molecule has 1 heterocycles. The number of nitrogens with zero attached hydrogens (tertiary/aromatic N) is 1. The summed E-state index contributed by atoms with van der Waals surface area (Å²) in [4.78, 5) is 24.1. The standard InChI is InChI=1S/C11H8F2INO2/c12-7-2-1-3-8(13)10(7)15-9(16)4-6(5-14)11(15)17/h1-3,6H,4-5H2. The molecule has 90 valence electrons. The van der Waals surface area contributed by atoms with Gasteiger partial charge < -0.3 is 0 Å². The molecule has 1 aromatic rings. The number of hydrogen-bond acceptors (Lipinski definition) is 2. The lowest BCUT2D eigenvalue weighted by molar-refractivity contribution is -0.122. The predicted octanol–water partition coefficient (Wildman–Crippen LogP) is 2.28. The van der Waals surface area contributed by atoms with E-state index in [0.717, 1.165) is 12.1 Å². The Kier molecular flexibility index (Phi) is 3.41. The number of rotatable bonds is 2. The van der Waals surface area contributed by atoms with Crippen LogP contribution in [0.15, 0.2) is 18.2 Å². The summed E-state index contributed by atoms with van der Waals surface area (Å²) in [6, 6.07) is 3.24. The molecule has 0 aliphatic carbocycles. The molecule has 0 saturated carbocycles. The zero-order chi connectivity index (χ0) is 12.6. The Labute approximate surface area is 110 Å². The Morgan fingerprint density at radius 1 is 1.29 bits per heavy atom. The van der Waals surface area contributed by atoms with Crippen LogP contribution in [0.4, 0.5) is 14.5 Å². The number of benzene rings is 1. The third-order valence-electron chi connectivity index (χ3n) is 2.59. The molecule has 1 aromatic carbocycles. The number of hydrogen-bond donors (Lipinski definition) is 0. The van der Waals surface area contributed by atoms with Crippen molar-refractivity contribution in [2.75, 3.05) is 9.33 Å². The molecule has 1 unspecified atom stereocenters. The van der Waals surface area contributed by atoms with Crippen molar-refractivity contribution in [2.45, 2.75) is 6.42 Å². The van der Waals surface area contributed by atoms with E-state index in [1.807, 2.05) is 22.6 Å². The molecule has 17 heavy (non-hydrogen) atoms. The van der Waals surface area contributed by atoms with E-state index in [2.05, 4.69) is 0 Å². The van der Waals surface area contributed by atoms with Crippen molar-refractivity contribution in [2.24, 2.45) is 5.92 Å². The number of alkyl halides is 1. The Morgan fingerprint density at radius 3 is 2.35 bits per heavy atom. The monoisotopic (exact) mass is 351 g/mol. The number of imide groups is 1. The largest absolute Gasteiger partial charge is 0.274 e. The summed E-state index contributed by atoms with van der Waals surface area (Å²) in [5, 5.41) is 0. The molecule has 0 aromatic heterocycles. The highest BCUT2D eigenvalue weighted by atomic mass is 127. The van der Waals surface area contributed by atoms with Crippen LogP contribution in [0.2, 0.25) is 0 Å². The van der Waals surface area contributed by atoms with Crippen molar-refractivity contribution in [1.29, 1.82) is 0 Å². The van der Waals surface area contributed by atoms with Gasteiger partial charge in [-0.2, -0.15) is 0 Å². The average Bonchev–Trinajstić information content (AvgIpc) is 2.56. The minimum absolute atomic E-state index is 0.00947. The number of carbonyl (C=O) groups is 2. The molecule has 0 spiro atoms. The minimum atomic E-state index is -0.902. The maximum absolute atomic E-state index is 13.5. The van der Waals surface area contributed by atoms with Gasteiger partial charge in [0.25, 0.3) is 0 Å². The Hall–Kier alpha value is -1.05. The van der Waals surface area contributed by atoms with Gasteiger partial charge in [0, 0.05) is 10.8 Å². The lowest BCUT2D eigenvalue weighted by Crippen LogP contribution is -2.32. The van der Waals surface area contributed by atoms with Crippen molar-refractivity contribution in [1.82, 2.24) is 0 Å². The van der Waals surface area contributed by atoms with Crippen molar-refractivity contribution in [3.8, 4) is 0 Å². The summed E-state index contributed by atoms with van der Waals surface area (Å²) in [6.07, 6.45) is 0.00947. The summed E-state index contributed by atoms with van der Waals surface area (Å²) in [6.45, 7) is 0. The van der Waals surface area contributed by atoms with Gasteiger partial charge in [0.05, 0.1) is 5.92 Å². The molecular weight excluding hydrogens is 343 g/mol. The van der Waals surface area contributed by atoms with Gasteiger partial charge in [-0.1, -0.05) is 28.7 Å². The maximum atomic E-state index is 13.5. The molecule has 1 atom stereocenters. The fourth-order valence-electron chi connectivity index (χ4n) is 1.75. The zero-order valence-corrected chi connectivity index (χ0v) is 10.8. The highest BCUT2D eigenvalue weighted by Gasteiger charge is 2.41. The van der Waals surface area contributed by atoms with E-state index in [0.29, 0.717) is 9.33 Å². The molecule has 1 aliphatic rings. The number of carbonyl (C=O) groups excluding carboxylic acids is 2. The molecule has 6 heteroatoms. The quantitative estimate of drug-likeness (QED) is 0.466. The van der Waals surface area contributed by atoms with Gasteiger partial charge in [-0.15, -0.1) is 0 Å². The minimum Gasteiger partial charge on any atom is -0.274 e. The van der Waals surface area contributed by atoms with Crippen LogP contribution in [0.3, 0.4) is 0 Å². The van der Waals surface area contributed by atoms with Crippen LogP contribution >= 0.6 is 22.6 Å². The zero-order valence-electron chi connectivity index (χ0n) is 8.62. The SMILES string of the molecule is O=C1CC(CI)C(=O)N1c1c(F)cccc1F. The smallest absolute Gasteiger partial charge is 0.238 e. The second kappa shape index (κ2) is 4.67. The highest BCUT2D eigenvalue weighted by Crippen LogP contribution is 2.31. The van der Waals surface area contributed by atoms with Crippen molar-refractivity contribution in [3.63, 3.8) is 0 Å². The van der Waals surface area contributed by atoms with Crippen LogP contribution in [-0.4, -0.2) is 16.2 Å². The van der Waals surface area contributed by atoms with Crippen LogP contribution in [0.5, 0.6) is 0 Å². The lowest BCUT2D eigenvalue weighted by atomic mass is 10.1. The third-order valence-corrected chi connectivity index (χ3v) is 3.65. The van der Waals surface area contributed by atoms with E-state index < -0.39 is 35.1 Å². The van der Waals surface area contributed by atoms with E-state index in [1.54, 1.807) is 0 Å². The van der Waals surface area contributed by atoms with Crippen molar-refractivity contribution >= 4 is 40.1 Å². The molecule has 3 nitrogen and oxygen atoms in total. The Balaban J connectivity index is 2.47. The van der Waals surface area contributed by atoms with Crippen LogP contribution in [0.1, 0.15) is 6.42 Å². The topological polar surface area (TPSA) is 37.4 Å². The fourth-order valence-corrected chi connectivity index (χ4v) is 2.44. The van der Waals surface area contributed by atoms with Crippen LogP contribution in [0, 0.1) is 17.6 Å². The van der Waals surface area contributed by atoms with Gasteiger partial charge in [0.1, 0.15) is 17.3 Å². The van der Waals surface area contributed by atoms with Crippen molar-refractivity contribution < 1.29 is 18.4 Å². The summed E-state index contributed by atoms with van der Waals surface area (Å²) in [5.74, 6) is -3.38. The van der Waals surface area contributed by atoms with Gasteiger partial charge in [-0.3, -0.25) is 9.59 Å². The first-order valence-electron chi connectivity index (χ1n) is 4.93. The molecule has 2 amide bonds. The van der Waals surface area contributed by atoms with Crippen LogP contribution < -0.4 is 4.90 Å². The van der Waals surface area contributed by atoms with E-state index in [9.17, 15) is 18.4 Å². The van der Waals surface area contributed by atoms with Crippen LogP contribution in [0.25, 0.3) is 0 Å². The summed E-state index contributed by atoms with van der Waals surface area (Å²) in [5.41, 5.74) is -0.560. The van der Waals surface area contributed by atoms with E-state index >= 15 is 0 Å². The molecule has 1 fully saturated rings. The first-order chi connectivity index (χ1) is 8.06. The third kappa shape index (κ3) is 2.05. The Morgan fingerprint density at radius 2 is 1.88 bits per heavy atom. The molecule has 0 N–H and O–H groups in total. The van der Waals surface area contributed by atoms with Gasteiger partial charge in [0.2, 0.25) is 11.8 Å². The first kappa shape index (κ1) is 12.4. The van der Waals surface area contributed by atoms with Gasteiger partial charge >= 0.3 is 0 Å². The molecule has 0 radical (unpaired) electrons. The molecule has 1 saturated heterocycles. The van der Waals surface area contributed by atoms with E-state index in [1.165, 1.54) is 6.07 Å². The van der Waals surface area contributed by atoms with Crippen LogP contribution in [-0.2, 0) is 9.59 Å². The summed E-state index contributed by atoms with van der Waals surface area (Å²) >= 11 is 1.97. The van der Waals surface area contributed by atoms with Gasteiger partial charge in [-0.05, 0) is 12.1 Å². The molecular formula is C11H8F2INO2. The normalized spacial score (nSPS) is 20.2. The first-order valence-corrected chi connectivity index (χ1v) is 6.45. The number of halogens is 3. The molecule has 0 bridgehead atoms. The number of para-hydroxylation sites is 1.